The van der Waals surface area contributed by atoms with Crippen LogP contribution in [0.1, 0.15) is 63.1 Å². The molecule has 3 atom stereocenters. The summed E-state index contributed by atoms with van der Waals surface area (Å²) in [5.74, 6) is 1.63. The predicted octanol–water partition coefficient (Wildman–Crippen LogP) is 4.41. The Hall–Kier alpha value is -2.41. The normalized spacial score (nSPS) is 16.7. The lowest BCUT2D eigenvalue weighted by Crippen LogP contribution is -2.47. The molecule has 1 aliphatic carbocycles. The summed E-state index contributed by atoms with van der Waals surface area (Å²) in [6.45, 7) is 8.02. The molecule has 3 rings (SSSR count). The molecule has 1 aliphatic rings. The van der Waals surface area contributed by atoms with Crippen LogP contribution in [0.15, 0.2) is 48.5 Å². The molecule has 0 bridgehead atoms. The van der Waals surface area contributed by atoms with Gasteiger partial charge in [0.15, 0.2) is 0 Å². The van der Waals surface area contributed by atoms with Crippen LogP contribution in [0.5, 0.6) is 5.75 Å². The molecule has 2 aromatic rings. The van der Waals surface area contributed by atoms with E-state index in [1.165, 1.54) is 11.1 Å². The third kappa shape index (κ3) is 8.03. The highest BCUT2D eigenvalue weighted by Crippen LogP contribution is 2.48. The monoisotopic (exact) mass is 510 g/mol. The molecule has 1 fully saturated rings. The van der Waals surface area contributed by atoms with Gasteiger partial charge in [0.05, 0.1) is 18.1 Å². The van der Waals surface area contributed by atoms with Gasteiger partial charge in [0.2, 0.25) is 5.91 Å². The molecular weight excluding hydrogens is 464 g/mol. The van der Waals surface area contributed by atoms with Crippen LogP contribution < -0.4 is 15.8 Å². The highest BCUT2D eigenvalue weighted by molar-refractivity contribution is 5.91. The van der Waals surface area contributed by atoms with Crippen molar-refractivity contribution in [2.24, 2.45) is 17.6 Å². The fourth-order valence-electron chi connectivity index (χ4n) is 4.99. The molecule has 0 spiro atoms. The van der Waals surface area contributed by atoms with Gasteiger partial charge in [-0.25, -0.2) is 0 Å². The first-order chi connectivity index (χ1) is 17.8. The summed E-state index contributed by atoms with van der Waals surface area (Å²) in [5, 5.41) is 13.8. The molecule has 1 saturated carbocycles. The number of hydrogen-bond acceptors (Lipinski definition) is 5. The number of hydrogen-bond donors (Lipinski definition) is 3. The van der Waals surface area contributed by atoms with Gasteiger partial charge in [-0.15, -0.1) is 0 Å². The van der Waals surface area contributed by atoms with Gasteiger partial charge in [0, 0.05) is 32.7 Å². The van der Waals surface area contributed by atoms with Crippen molar-refractivity contribution in [1.29, 1.82) is 0 Å². The Morgan fingerprint density at radius 3 is 2.49 bits per heavy atom. The van der Waals surface area contributed by atoms with Crippen molar-refractivity contribution >= 4 is 5.91 Å². The molecule has 2 aromatic carbocycles. The zero-order valence-electron chi connectivity index (χ0n) is 23.0. The second-order valence-corrected chi connectivity index (χ2v) is 10.8. The molecule has 37 heavy (non-hydrogen) atoms. The molecule has 0 unspecified atom stereocenters. The molecule has 0 aromatic heterocycles. The Bertz CT molecular complexity index is 974. The first-order valence-electron chi connectivity index (χ1n) is 13.8. The number of ether oxygens (including phenoxy) is 2. The van der Waals surface area contributed by atoms with Crippen LogP contribution in [-0.4, -0.2) is 50.0 Å². The number of carbonyl (C=O) groups is 1. The summed E-state index contributed by atoms with van der Waals surface area (Å²) in [7, 11) is 1.70. The summed E-state index contributed by atoms with van der Waals surface area (Å²) >= 11 is 0. The van der Waals surface area contributed by atoms with Crippen LogP contribution in [0.25, 0.3) is 0 Å². The van der Waals surface area contributed by atoms with E-state index in [4.69, 9.17) is 15.2 Å². The van der Waals surface area contributed by atoms with Gasteiger partial charge in [0.25, 0.3) is 0 Å². The van der Waals surface area contributed by atoms with E-state index in [0.29, 0.717) is 31.5 Å². The van der Waals surface area contributed by atoms with Gasteiger partial charge in [-0.3, -0.25) is 4.79 Å². The number of benzene rings is 2. The standard InChI is InChI=1S/C31H46N2O4/c1-5-24-13-12-23(19-29(24)37-17-9-16-36-4)18-25(22(2)3)20-27(32)28(34)21-33-30(35)31(14-15-31)26-10-7-6-8-11-26/h6-8,10-13,19,22,25,27-28,34H,5,9,14-18,20-21,32H2,1-4H3,(H,33,35)/t25-,27-,28-/m0/s1. The van der Waals surface area contributed by atoms with Crippen LogP contribution in [0.4, 0.5) is 0 Å². The maximum absolute atomic E-state index is 12.9. The van der Waals surface area contributed by atoms with Crippen molar-refractivity contribution in [1.82, 2.24) is 5.32 Å². The maximum Gasteiger partial charge on any atom is 0.230 e. The van der Waals surface area contributed by atoms with Gasteiger partial charge >= 0.3 is 0 Å². The van der Waals surface area contributed by atoms with E-state index in [2.05, 4.69) is 44.3 Å². The van der Waals surface area contributed by atoms with Crippen LogP contribution in [-0.2, 0) is 27.8 Å². The minimum absolute atomic E-state index is 0.0144. The van der Waals surface area contributed by atoms with Crippen molar-refractivity contribution in [2.45, 2.75) is 76.9 Å². The average molecular weight is 511 g/mol. The fourth-order valence-corrected chi connectivity index (χ4v) is 4.99. The Labute approximate surface area is 222 Å². The number of carbonyl (C=O) groups excluding carboxylic acids is 1. The van der Waals surface area contributed by atoms with E-state index in [1.54, 1.807) is 7.11 Å². The van der Waals surface area contributed by atoms with Crippen molar-refractivity contribution in [2.75, 3.05) is 26.9 Å². The summed E-state index contributed by atoms with van der Waals surface area (Å²) in [6, 6.07) is 16.0. The number of aryl methyl sites for hydroxylation is 1. The lowest BCUT2D eigenvalue weighted by molar-refractivity contribution is -0.124. The zero-order valence-corrected chi connectivity index (χ0v) is 23.0. The molecule has 4 N–H and O–H groups in total. The number of nitrogens with one attached hydrogen (secondary N) is 1. The second-order valence-electron chi connectivity index (χ2n) is 10.8. The van der Waals surface area contributed by atoms with Gasteiger partial charge < -0.3 is 25.6 Å². The number of nitrogens with two attached hydrogens (primary N) is 1. The molecule has 0 saturated heterocycles. The van der Waals surface area contributed by atoms with E-state index < -0.39 is 17.6 Å². The molecule has 6 nitrogen and oxygen atoms in total. The first-order valence-corrected chi connectivity index (χ1v) is 13.8. The highest BCUT2D eigenvalue weighted by atomic mass is 16.5. The number of aliphatic hydroxyl groups excluding tert-OH is 1. The van der Waals surface area contributed by atoms with E-state index in [0.717, 1.165) is 43.4 Å². The van der Waals surface area contributed by atoms with Crippen LogP contribution >= 0.6 is 0 Å². The largest absolute Gasteiger partial charge is 0.493 e. The molecular formula is C31H46N2O4. The van der Waals surface area contributed by atoms with Crippen molar-refractivity contribution in [3.63, 3.8) is 0 Å². The average Bonchev–Trinajstić information content (AvgIpc) is 3.72. The van der Waals surface area contributed by atoms with Gasteiger partial charge in [-0.1, -0.05) is 63.2 Å². The van der Waals surface area contributed by atoms with E-state index in [9.17, 15) is 9.90 Å². The smallest absolute Gasteiger partial charge is 0.230 e. The predicted molar refractivity (Wildman–Crippen MR) is 149 cm³/mol. The molecule has 0 heterocycles. The summed E-state index contributed by atoms with van der Waals surface area (Å²) in [4.78, 5) is 12.9. The number of methoxy groups -OCH3 is 1. The summed E-state index contributed by atoms with van der Waals surface area (Å²) < 4.78 is 11.2. The Morgan fingerprint density at radius 1 is 1.14 bits per heavy atom. The Balaban J connectivity index is 1.55. The maximum atomic E-state index is 12.9. The van der Waals surface area contributed by atoms with Crippen LogP contribution in [0.3, 0.4) is 0 Å². The molecule has 0 aliphatic heterocycles. The number of rotatable bonds is 16. The molecule has 1 amide bonds. The zero-order chi connectivity index (χ0) is 26.8. The van der Waals surface area contributed by atoms with Crippen molar-refractivity contribution in [3.8, 4) is 5.75 Å². The fraction of sp³-hybridized carbons (Fsp3) is 0.581. The Morgan fingerprint density at radius 2 is 1.86 bits per heavy atom. The Kier molecular flexibility index (Phi) is 11.0. The summed E-state index contributed by atoms with van der Waals surface area (Å²) in [5.41, 5.74) is 9.48. The minimum Gasteiger partial charge on any atom is -0.493 e. The van der Waals surface area contributed by atoms with Gasteiger partial charge in [-0.2, -0.15) is 0 Å². The highest BCUT2D eigenvalue weighted by Gasteiger charge is 2.51. The third-order valence-corrected chi connectivity index (χ3v) is 7.76. The van der Waals surface area contributed by atoms with E-state index in [-0.39, 0.29) is 12.5 Å². The van der Waals surface area contributed by atoms with E-state index >= 15 is 0 Å². The minimum atomic E-state index is -0.793. The lowest BCUT2D eigenvalue weighted by Gasteiger charge is -2.28. The van der Waals surface area contributed by atoms with Gasteiger partial charge in [-0.05, 0) is 66.7 Å². The van der Waals surface area contributed by atoms with Crippen molar-refractivity contribution in [3.05, 3.63) is 65.2 Å². The van der Waals surface area contributed by atoms with E-state index in [1.807, 2.05) is 30.3 Å². The summed E-state index contributed by atoms with van der Waals surface area (Å²) in [6.07, 6.45) is 4.21. The van der Waals surface area contributed by atoms with Crippen LogP contribution in [0, 0.1) is 11.8 Å². The van der Waals surface area contributed by atoms with Gasteiger partial charge in [0.1, 0.15) is 5.75 Å². The molecule has 204 valence electrons. The van der Waals surface area contributed by atoms with Crippen molar-refractivity contribution < 1.29 is 19.4 Å². The number of amides is 1. The molecule has 0 radical (unpaired) electrons. The SMILES string of the molecule is CCc1ccc(C[C@@H](C[C@H](N)[C@@H](O)CNC(=O)C2(c3ccccc3)CC2)C(C)C)cc1OCCCOC. The third-order valence-electron chi connectivity index (χ3n) is 7.76. The topological polar surface area (TPSA) is 93.8 Å². The second kappa shape index (κ2) is 13.9. The molecule has 6 heteroatoms. The quantitative estimate of drug-likeness (QED) is 0.291. The van der Waals surface area contributed by atoms with Crippen LogP contribution in [0.2, 0.25) is 0 Å². The number of aliphatic hydroxyl groups is 1. The first kappa shape index (κ1) is 29.2. The lowest BCUT2D eigenvalue weighted by atomic mass is 9.83.